The van der Waals surface area contributed by atoms with Gasteiger partial charge < -0.3 is 10.5 Å². The zero-order valence-corrected chi connectivity index (χ0v) is 8.54. The van der Waals surface area contributed by atoms with Gasteiger partial charge in [0.1, 0.15) is 5.75 Å². The number of amides is 1. The zero-order chi connectivity index (χ0) is 10.6. The molecule has 0 aliphatic rings. The van der Waals surface area contributed by atoms with Gasteiger partial charge in [-0.3, -0.25) is 4.79 Å². The molecule has 0 aliphatic carbocycles. The average molecular weight is 193 g/mol. The molecule has 1 aromatic rings. The molecule has 1 aromatic carbocycles. The minimum Gasteiger partial charge on any atom is -0.496 e. The monoisotopic (exact) mass is 193 g/mol. The van der Waals surface area contributed by atoms with Crippen LogP contribution in [-0.4, -0.2) is 13.0 Å². The lowest BCUT2D eigenvalue weighted by Crippen LogP contribution is -2.11. The number of carbonyl (C=O) groups is 1. The lowest BCUT2D eigenvalue weighted by molar-refractivity contribution is -0.117. The van der Waals surface area contributed by atoms with Gasteiger partial charge in [-0.2, -0.15) is 0 Å². The number of methoxy groups -OCH3 is 1. The second kappa shape index (κ2) is 4.65. The Morgan fingerprint density at radius 3 is 2.71 bits per heavy atom. The molecule has 0 fully saturated rings. The summed E-state index contributed by atoms with van der Waals surface area (Å²) in [5.74, 6) is 0.603. The number of hydrogen-bond acceptors (Lipinski definition) is 2. The van der Waals surface area contributed by atoms with E-state index in [1.54, 1.807) is 7.11 Å². The molecule has 0 aromatic heterocycles. The lowest BCUT2D eigenvalue weighted by atomic mass is 10.1. The quantitative estimate of drug-likeness (QED) is 0.786. The molecule has 1 amide bonds. The van der Waals surface area contributed by atoms with Crippen LogP contribution in [0.4, 0.5) is 0 Å². The van der Waals surface area contributed by atoms with Crippen molar-refractivity contribution in [3.63, 3.8) is 0 Å². The molecule has 0 atom stereocenters. The van der Waals surface area contributed by atoms with Crippen LogP contribution in [0.5, 0.6) is 5.75 Å². The van der Waals surface area contributed by atoms with E-state index < -0.39 is 0 Å². The Morgan fingerprint density at radius 1 is 1.50 bits per heavy atom. The highest BCUT2D eigenvalue weighted by Gasteiger charge is 2.01. The predicted octanol–water partition coefficient (Wildman–Crippen LogP) is 1.42. The molecule has 3 heteroatoms. The summed E-state index contributed by atoms with van der Waals surface area (Å²) in [6.45, 7) is 1.98. The van der Waals surface area contributed by atoms with Crippen molar-refractivity contribution >= 4 is 5.91 Å². The van der Waals surface area contributed by atoms with Crippen LogP contribution in [0.25, 0.3) is 0 Å². The van der Waals surface area contributed by atoms with E-state index in [0.29, 0.717) is 12.8 Å². The van der Waals surface area contributed by atoms with Crippen LogP contribution in [0.3, 0.4) is 0 Å². The van der Waals surface area contributed by atoms with E-state index in [4.69, 9.17) is 10.5 Å². The number of ether oxygens (including phenoxy) is 1. The van der Waals surface area contributed by atoms with Gasteiger partial charge in [-0.05, 0) is 30.5 Å². The highest BCUT2D eigenvalue weighted by Crippen LogP contribution is 2.18. The minimum atomic E-state index is -0.265. The Kier molecular flexibility index (Phi) is 3.51. The third-order valence-corrected chi connectivity index (χ3v) is 2.12. The first-order valence-corrected chi connectivity index (χ1v) is 4.55. The van der Waals surface area contributed by atoms with Crippen LogP contribution in [0.15, 0.2) is 18.2 Å². The van der Waals surface area contributed by atoms with Gasteiger partial charge in [-0.25, -0.2) is 0 Å². The predicted molar refractivity (Wildman–Crippen MR) is 55.2 cm³/mol. The van der Waals surface area contributed by atoms with Crippen LogP contribution in [0.2, 0.25) is 0 Å². The molecule has 3 nitrogen and oxygen atoms in total. The fraction of sp³-hybridized carbons (Fsp3) is 0.364. The van der Waals surface area contributed by atoms with Gasteiger partial charge in [-0.15, -0.1) is 0 Å². The summed E-state index contributed by atoms with van der Waals surface area (Å²) in [6.07, 6.45) is 1.09. The van der Waals surface area contributed by atoms with Crippen molar-refractivity contribution in [2.24, 2.45) is 5.73 Å². The molecular weight excluding hydrogens is 178 g/mol. The first-order valence-electron chi connectivity index (χ1n) is 4.55. The molecule has 0 saturated heterocycles. The van der Waals surface area contributed by atoms with Crippen LogP contribution in [0.1, 0.15) is 17.5 Å². The van der Waals surface area contributed by atoms with Crippen LogP contribution in [0, 0.1) is 6.92 Å². The fourth-order valence-corrected chi connectivity index (χ4v) is 1.36. The van der Waals surface area contributed by atoms with E-state index in [-0.39, 0.29) is 5.91 Å². The normalized spacial score (nSPS) is 9.86. The van der Waals surface area contributed by atoms with Gasteiger partial charge in [0, 0.05) is 6.42 Å². The minimum absolute atomic E-state index is 0.265. The third-order valence-electron chi connectivity index (χ3n) is 2.12. The van der Waals surface area contributed by atoms with E-state index in [2.05, 4.69) is 0 Å². The van der Waals surface area contributed by atoms with Gasteiger partial charge in [-0.1, -0.05) is 12.1 Å². The second-order valence-corrected chi connectivity index (χ2v) is 3.27. The van der Waals surface area contributed by atoms with Crippen LogP contribution in [-0.2, 0) is 11.2 Å². The number of hydrogen-bond donors (Lipinski definition) is 1. The van der Waals surface area contributed by atoms with Crippen molar-refractivity contribution in [3.8, 4) is 5.75 Å². The first kappa shape index (κ1) is 10.6. The van der Waals surface area contributed by atoms with Crippen molar-refractivity contribution < 1.29 is 9.53 Å². The van der Waals surface area contributed by atoms with Gasteiger partial charge in [0.05, 0.1) is 7.11 Å². The van der Waals surface area contributed by atoms with E-state index in [0.717, 1.165) is 16.9 Å². The fourth-order valence-electron chi connectivity index (χ4n) is 1.36. The summed E-state index contributed by atoms with van der Waals surface area (Å²) >= 11 is 0. The molecule has 0 aliphatic heterocycles. The number of primary amides is 1. The van der Waals surface area contributed by atoms with Gasteiger partial charge in [0.15, 0.2) is 0 Å². The summed E-state index contributed by atoms with van der Waals surface area (Å²) in [5.41, 5.74) is 7.26. The topological polar surface area (TPSA) is 52.3 Å². The maximum absolute atomic E-state index is 10.6. The van der Waals surface area contributed by atoms with E-state index in [1.165, 1.54) is 0 Å². The van der Waals surface area contributed by atoms with E-state index in [1.807, 2.05) is 25.1 Å². The van der Waals surface area contributed by atoms with Crippen molar-refractivity contribution in [1.29, 1.82) is 0 Å². The molecule has 0 saturated carbocycles. The summed E-state index contributed by atoms with van der Waals surface area (Å²) in [4.78, 5) is 10.6. The highest BCUT2D eigenvalue weighted by atomic mass is 16.5. The van der Waals surface area contributed by atoms with Crippen molar-refractivity contribution in [2.45, 2.75) is 19.8 Å². The first-order chi connectivity index (χ1) is 6.63. The van der Waals surface area contributed by atoms with Crippen molar-refractivity contribution in [3.05, 3.63) is 29.3 Å². The van der Waals surface area contributed by atoms with Crippen molar-refractivity contribution in [1.82, 2.24) is 0 Å². The number of aryl methyl sites for hydroxylation is 2. The SMILES string of the molecule is COc1ccc(CCC(N)=O)cc1C. The Hall–Kier alpha value is -1.51. The number of carbonyl (C=O) groups excluding carboxylic acids is 1. The molecule has 1 rings (SSSR count). The highest BCUT2D eigenvalue weighted by molar-refractivity contribution is 5.74. The molecule has 0 spiro atoms. The van der Waals surface area contributed by atoms with E-state index in [9.17, 15) is 4.79 Å². The maximum atomic E-state index is 10.6. The van der Waals surface area contributed by atoms with Gasteiger partial charge in [0.2, 0.25) is 5.91 Å². The standard InChI is InChI=1S/C11H15NO2/c1-8-7-9(4-6-11(12)13)3-5-10(8)14-2/h3,5,7H,4,6H2,1-2H3,(H2,12,13). The van der Waals surface area contributed by atoms with Gasteiger partial charge in [0.25, 0.3) is 0 Å². The number of rotatable bonds is 4. The zero-order valence-electron chi connectivity index (χ0n) is 8.54. The molecule has 14 heavy (non-hydrogen) atoms. The third kappa shape index (κ3) is 2.76. The van der Waals surface area contributed by atoms with Gasteiger partial charge >= 0.3 is 0 Å². The molecule has 0 bridgehead atoms. The molecule has 0 heterocycles. The largest absolute Gasteiger partial charge is 0.496 e. The summed E-state index contributed by atoms with van der Waals surface area (Å²) in [6, 6.07) is 5.88. The molecule has 0 radical (unpaired) electrons. The number of benzene rings is 1. The van der Waals surface area contributed by atoms with Crippen molar-refractivity contribution in [2.75, 3.05) is 7.11 Å². The Balaban J connectivity index is 2.71. The Bertz CT molecular complexity index is 334. The molecule has 76 valence electrons. The summed E-state index contributed by atoms with van der Waals surface area (Å²) in [7, 11) is 1.64. The maximum Gasteiger partial charge on any atom is 0.217 e. The lowest BCUT2D eigenvalue weighted by Gasteiger charge is -2.06. The molecule has 0 unspecified atom stereocenters. The summed E-state index contributed by atoms with van der Waals surface area (Å²) < 4.78 is 5.13. The Labute approximate surface area is 83.9 Å². The Morgan fingerprint density at radius 2 is 2.21 bits per heavy atom. The van der Waals surface area contributed by atoms with Crippen LogP contribution >= 0.6 is 0 Å². The molecular formula is C11H15NO2. The average Bonchev–Trinajstić information content (AvgIpc) is 2.15. The summed E-state index contributed by atoms with van der Waals surface area (Å²) in [5, 5.41) is 0. The van der Waals surface area contributed by atoms with Crippen LogP contribution < -0.4 is 10.5 Å². The van der Waals surface area contributed by atoms with E-state index >= 15 is 0 Å². The number of nitrogens with two attached hydrogens (primary N) is 1. The smallest absolute Gasteiger partial charge is 0.217 e. The second-order valence-electron chi connectivity index (χ2n) is 3.27. The molecule has 2 N–H and O–H groups in total.